The van der Waals surface area contributed by atoms with Gasteiger partial charge in [0.25, 0.3) is 0 Å². The molecule has 0 aliphatic heterocycles. The molecule has 0 fully saturated rings. The van der Waals surface area contributed by atoms with E-state index in [9.17, 15) is 9.59 Å². The van der Waals surface area contributed by atoms with Crippen molar-refractivity contribution in [3.05, 3.63) is 69.8 Å². The fourth-order valence-corrected chi connectivity index (χ4v) is 4.69. The molecule has 0 atom stereocenters. The van der Waals surface area contributed by atoms with Crippen LogP contribution in [0.5, 0.6) is 0 Å². The van der Waals surface area contributed by atoms with Gasteiger partial charge in [-0.3, -0.25) is 4.79 Å². The van der Waals surface area contributed by atoms with Crippen molar-refractivity contribution in [2.75, 3.05) is 11.9 Å². The second-order valence-electron chi connectivity index (χ2n) is 5.94. The molecule has 0 amide bonds. The van der Waals surface area contributed by atoms with Crippen molar-refractivity contribution in [2.45, 2.75) is 6.92 Å². The number of pyridine rings is 1. The first-order valence-corrected chi connectivity index (χ1v) is 10.3. The summed E-state index contributed by atoms with van der Waals surface area (Å²) in [6.45, 7) is 2.18. The monoisotopic (exact) mass is 440 g/mol. The molecule has 0 bridgehead atoms. The van der Waals surface area contributed by atoms with Gasteiger partial charge in [-0.05, 0) is 0 Å². The van der Waals surface area contributed by atoms with Gasteiger partial charge in [0.2, 0.25) is 0 Å². The number of rotatable bonds is 5. The van der Waals surface area contributed by atoms with Gasteiger partial charge in [0.15, 0.2) is 0 Å². The molecule has 8 heteroatoms. The van der Waals surface area contributed by atoms with E-state index in [0.717, 1.165) is 25.3 Å². The van der Waals surface area contributed by atoms with Gasteiger partial charge >= 0.3 is 161 Å². The summed E-state index contributed by atoms with van der Waals surface area (Å²) in [4.78, 5) is 34.3. The molecule has 0 saturated carbocycles. The van der Waals surface area contributed by atoms with Gasteiger partial charge in [0, 0.05) is 0 Å². The molecule has 3 heterocycles. The van der Waals surface area contributed by atoms with E-state index in [1.807, 2.05) is 30.3 Å². The molecule has 3 aromatic heterocycles. The third-order valence-corrected chi connectivity index (χ3v) is 6.31. The predicted octanol–water partition coefficient (Wildman–Crippen LogP) is 2.96. The quantitative estimate of drug-likeness (QED) is 0.367. The minimum atomic E-state index is -0.241. The third-order valence-electron chi connectivity index (χ3n) is 4.01. The second kappa shape index (κ2) is 7.80. The van der Waals surface area contributed by atoms with E-state index in [-0.39, 0.29) is 26.0 Å². The van der Waals surface area contributed by atoms with E-state index >= 15 is 0 Å². The number of carbonyl (C=O) groups is 1. The van der Waals surface area contributed by atoms with Crippen LogP contribution in [0, 0.1) is 0 Å². The SMILES string of the molecule is CCOC(=O)c1cc2cc(Nc3cc(-c4ccc(=O)[nH]c4)ncn3)ccc2[se]1. The van der Waals surface area contributed by atoms with Crippen LogP contribution in [0.15, 0.2) is 59.8 Å². The Labute approximate surface area is 166 Å². The molecule has 0 unspecified atom stereocenters. The summed E-state index contributed by atoms with van der Waals surface area (Å²) in [6, 6.07) is 12.8. The maximum absolute atomic E-state index is 12.0. The van der Waals surface area contributed by atoms with Crippen LogP contribution in [-0.2, 0) is 4.74 Å². The van der Waals surface area contributed by atoms with E-state index < -0.39 is 0 Å². The van der Waals surface area contributed by atoms with Crippen LogP contribution >= 0.6 is 0 Å². The standard InChI is InChI=1S/C20H16N4O3Se/c1-2-27-20(26)17-8-13-7-14(4-5-16(13)28-17)24-18-9-15(22-11-23-18)12-3-6-19(25)21-10-12/h3-11H,2H2,1H3,(H,21,25)(H,22,23,24). The Hall–Kier alpha value is -3.22. The first kappa shape index (κ1) is 18.2. The van der Waals surface area contributed by atoms with E-state index in [2.05, 4.69) is 20.3 Å². The van der Waals surface area contributed by atoms with Crippen molar-refractivity contribution < 1.29 is 9.53 Å². The van der Waals surface area contributed by atoms with Crippen LogP contribution in [0.1, 0.15) is 16.2 Å². The topological polar surface area (TPSA) is 97.0 Å². The zero-order valence-electron chi connectivity index (χ0n) is 14.9. The Bertz CT molecular complexity index is 1200. The van der Waals surface area contributed by atoms with Gasteiger partial charge in [-0.2, -0.15) is 0 Å². The summed E-state index contributed by atoms with van der Waals surface area (Å²) in [5, 5.41) is 4.28. The van der Waals surface area contributed by atoms with Gasteiger partial charge in [-0.25, -0.2) is 0 Å². The number of fused-ring (bicyclic) bond motifs is 1. The number of nitrogens with zero attached hydrogens (tertiary/aromatic N) is 2. The molecule has 28 heavy (non-hydrogen) atoms. The van der Waals surface area contributed by atoms with E-state index in [1.54, 1.807) is 19.2 Å². The molecule has 0 radical (unpaired) electrons. The second-order valence-corrected chi connectivity index (χ2v) is 8.21. The van der Waals surface area contributed by atoms with E-state index in [0.29, 0.717) is 18.1 Å². The first-order valence-electron chi connectivity index (χ1n) is 8.61. The van der Waals surface area contributed by atoms with Crippen LogP contribution in [0.25, 0.3) is 20.9 Å². The number of aromatic nitrogens is 3. The summed E-state index contributed by atoms with van der Waals surface area (Å²) >= 11 is -0.0353. The van der Waals surface area contributed by atoms with Crippen molar-refractivity contribution in [3.8, 4) is 11.3 Å². The van der Waals surface area contributed by atoms with E-state index in [1.165, 1.54) is 12.4 Å². The number of ether oxygens (including phenoxy) is 1. The number of anilines is 2. The van der Waals surface area contributed by atoms with Crippen molar-refractivity contribution in [2.24, 2.45) is 0 Å². The maximum atomic E-state index is 12.0. The van der Waals surface area contributed by atoms with Crippen LogP contribution in [0.3, 0.4) is 0 Å². The summed E-state index contributed by atoms with van der Waals surface area (Å²) in [6.07, 6.45) is 3.09. The number of nitrogens with one attached hydrogen (secondary N) is 2. The third kappa shape index (κ3) is 3.88. The molecule has 7 nitrogen and oxygen atoms in total. The fraction of sp³-hybridized carbons (Fsp3) is 0.100. The molecule has 2 N–H and O–H groups in total. The number of esters is 1. The number of hydrogen-bond acceptors (Lipinski definition) is 6. The fourth-order valence-electron chi connectivity index (χ4n) is 2.73. The average molecular weight is 439 g/mol. The molecular formula is C20H16N4O3Se. The van der Waals surface area contributed by atoms with E-state index in [4.69, 9.17) is 4.74 Å². The summed E-state index contributed by atoms with van der Waals surface area (Å²) in [7, 11) is 0. The number of carbonyl (C=O) groups excluding carboxylic acids is 1. The molecule has 140 valence electrons. The normalized spacial score (nSPS) is 10.8. The zero-order chi connectivity index (χ0) is 19.5. The van der Waals surface area contributed by atoms with Crippen LogP contribution < -0.4 is 10.9 Å². The average Bonchev–Trinajstić information content (AvgIpc) is 3.12. The van der Waals surface area contributed by atoms with Crippen molar-refractivity contribution in [1.82, 2.24) is 15.0 Å². The molecular weight excluding hydrogens is 423 g/mol. The Morgan fingerprint density at radius 2 is 2.07 bits per heavy atom. The van der Waals surface area contributed by atoms with Crippen molar-refractivity contribution >= 4 is 41.6 Å². The minimum absolute atomic E-state index is 0.0353. The number of aromatic amines is 1. The van der Waals surface area contributed by atoms with Crippen molar-refractivity contribution in [3.63, 3.8) is 0 Å². The Morgan fingerprint density at radius 3 is 2.86 bits per heavy atom. The van der Waals surface area contributed by atoms with Crippen LogP contribution in [0.4, 0.5) is 11.5 Å². The molecule has 0 saturated heterocycles. The number of hydrogen-bond donors (Lipinski definition) is 2. The first-order chi connectivity index (χ1) is 13.6. The van der Waals surface area contributed by atoms with Gasteiger partial charge in [-0.1, -0.05) is 0 Å². The Kier molecular flexibility index (Phi) is 5.06. The van der Waals surface area contributed by atoms with Gasteiger partial charge < -0.3 is 0 Å². The zero-order valence-corrected chi connectivity index (χ0v) is 16.6. The molecule has 0 spiro atoms. The molecule has 4 aromatic rings. The molecule has 0 aliphatic rings. The summed E-state index contributed by atoms with van der Waals surface area (Å²) < 4.78 is 6.98. The predicted molar refractivity (Wildman–Crippen MR) is 108 cm³/mol. The van der Waals surface area contributed by atoms with Gasteiger partial charge in [0.05, 0.1) is 0 Å². The Balaban J connectivity index is 1.59. The van der Waals surface area contributed by atoms with Crippen molar-refractivity contribution in [1.29, 1.82) is 0 Å². The van der Waals surface area contributed by atoms with Gasteiger partial charge in [0.1, 0.15) is 0 Å². The molecule has 1 aromatic carbocycles. The van der Waals surface area contributed by atoms with Crippen LogP contribution in [-0.4, -0.2) is 42.0 Å². The number of H-pyrrole nitrogens is 1. The molecule has 4 rings (SSSR count). The molecule has 0 aliphatic carbocycles. The Morgan fingerprint density at radius 1 is 1.18 bits per heavy atom. The number of benzene rings is 1. The summed E-state index contributed by atoms with van der Waals surface area (Å²) in [5.41, 5.74) is 2.19. The van der Waals surface area contributed by atoms with Gasteiger partial charge in [-0.15, -0.1) is 0 Å². The summed E-state index contributed by atoms with van der Waals surface area (Å²) in [5.74, 6) is 0.392. The van der Waals surface area contributed by atoms with Crippen LogP contribution in [0.2, 0.25) is 0 Å².